The van der Waals surface area contributed by atoms with Gasteiger partial charge in [0.15, 0.2) is 6.19 Å². The van der Waals surface area contributed by atoms with E-state index < -0.39 is 6.04 Å². The number of nitriles is 2. The van der Waals surface area contributed by atoms with E-state index in [0.29, 0.717) is 16.7 Å². The Morgan fingerprint density at radius 1 is 1.31 bits per heavy atom. The topological polar surface area (TPSA) is 189 Å². The van der Waals surface area contributed by atoms with E-state index in [4.69, 9.17) is 16.7 Å². The number of rotatable bonds is 2. The first-order chi connectivity index (χ1) is 12.5. The summed E-state index contributed by atoms with van der Waals surface area (Å²) in [5.74, 6) is 0.136. The van der Waals surface area contributed by atoms with Crippen LogP contribution < -0.4 is 22.1 Å². The van der Waals surface area contributed by atoms with Crippen molar-refractivity contribution in [3.8, 4) is 18.0 Å². The zero-order valence-electron chi connectivity index (χ0n) is 13.4. The zero-order chi connectivity index (χ0) is 18.8. The Labute approximate surface area is 148 Å². The molecule has 8 N–H and O–H groups in total. The lowest BCUT2D eigenvalue weighted by Gasteiger charge is -2.26. The van der Waals surface area contributed by atoms with Crippen LogP contribution in [0.4, 0.5) is 17.3 Å². The van der Waals surface area contributed by atoms with E-state index in [1.807, 2.05) is 6.07 Å². The molecule has 0 bridgehead atoms. The van der Waals surface area contributed by atoms with Gasteiger partial charge in [0.25, 0.3) is 0 Å². The molecule has 2 heterocycles. The Balaban J connectivity index is 2.29. The van der Waals surface area contributed by atoms with Gasteiger partial charge in [0, 0.05) is 11.1 Å². The number of fused-ring (bicyclic) bond motifs is 1. The third kappa shape index (κ3) is 2.66. The number of pyridine rings is 1. The summed E-state index contributed by atoms with van der Waals surface area (Å²) in [5.41, 5.74) is 13.2. The van der Waals surface area contributed by atoms with Crippen molar-refractivity contribution in [2.24, 2.45) is 4.99 Å². The van der Waals surface area contributed by atoms with Gasteiger partial charge in [-0.15, -0.1) is 0 Å². The molecule has 10 nitrogen and oxygen atoms in total. The lowest BCUT2D eigenvalue weighted by Crippen LogP contribution is -2.32. The number of nitrogens with one attached hydrogen (secondary N) is 2. The Kier molecular flexibility index (Phi) is 4.19. The molecular formula is C16H14N8O2. The number of hydrogen-bond acceptors (Lipinski definition) is 10. The van der Waals surface area contributed by atoms with E-state index in [-0.39, 0.29) is 41.2 Å². The molecule has 1 atom stereocenters. The number of nitrogens with zero attached hydrogens (tertiary/aromatic N) is 4. The van der Waals surface area contributed by atoms with Crippen molar-refractivity contribution in [1.29, 1.82) is 10.5 Å². The summed E-state index contributed by atoms with van der Waals surface area (Å²) in [7, 11) is 0. The molecule has 0 fully saturated rings. The number of aliphatic imine (C=N–C) groups is 1. The second kappa shape index (κ2) is 6.47. The summed E-state index contributed by atoms with van der Waals surface area (Å²) < 4.78 is 0. The van der Waals surface area contributed by atoms with Crippen molar-refractivity contribution in [1.82, 2.24) is 10.3 Å². The number of nitrogens with two attached hydrogens (primary N) is 2. The first-order valence-electron chi connectivity index (χ1n) is 7.41. The number of phenols is 1. The molecular weight excluding hydrogens is 336 g/mol. The van der Waals surface area contributed by atoms with E-state index in [9.17, 15) is 15.5 Å². The number of phenolic OH excluding ortho intramolecular Hbond substituents is 1. The van der Waals surface area contributed by atoms with Crippen LogP contribution in [0.3, 0.4) is 0 Å². The van der Waals surface area contributed by atoms with Crippen LogP contribution in [0.5, 0.6) is 5.75 Å². The molecule has 0 amide bonds. The van der Waals surface area contributed by atoms with E-state index in [1.54, 1.807) is 18.3 Å². The van der Waals surface area contributed by atoms with Crippen molar-refractivity contribution in [2.75, 3.05) is 16.8 Å². The molecule has 1 aliphatic rings. The molecule has 3 rings (SSSR count). The molecule has 10 heteroatoms. The first-order valence-corrected chi connectivity index (χ1v) is 7.41. The molecule has 130 valence electrons. The van der Waals surface area contributed by atoms with Crippen LogP contribution in [0.1, 0.15) is 28.3 Å². The van der Waals surface area contributed by atoms with Crippen LogP contribution in [-0.2, 0) is 6.61 Å². The first kappa shape index (κ1) is 16.8. The predicted molar refractivity (Wildman–Crippen MR) is 93.5 cm³/mol. The third-order valence-electron chi connectivity index (χ3n) is 3.93. The predicted octanol–water partition coefficient (Wildman–Crippen LogP) is 0.257. The number of aromatic nitrogens is 1. The monoisotopic (exact) mass is 350 g/mol. The number of hydrogen-bond donors (Lipinski definition) is 6. The van der Waals surface area contributed by atoms with Crippen LogP contribution in [0.2, 0.25) is 0 Å². The highest BCUT2D eigenvalue weighted by atomic mass is 16.3. The molecule has 1 unspecified atom stereocenters. The van der Waals surface area contributed by atoms with Gasteiger partial charge >= 0.3 is 0 Å². The SMILES string of the molecule is N#CNC1=NC(c2cc(CO)ccc2O)c2c(nc(N)c(C#N)c2N)N1. The molecule has 1 aromatic heterocycles. The Morgan fingerprint density at radius 2 is 2.08 bits per heavy atom. The van der Waals surface area contributed by atoms with Gasteiger partial charge in [-0.25, -0.2) is 9.98 Å². The summed E-state index contributed by atoms with van der Waals surface area (Å²) in [4.78, 5) is 8.47. The van der Waals surface area contributed by atoms with Gasteiger partial charge in [-0.05, 0) is 17.7 Å². The highest BCUT2D eigenvalue weighted by Crippen LogP contribution is 2.43. The molecule has 1 aliphatic heterocycles. The summed E-state index contributed by atoms with van der Waals surface area (Å²) >= 11 is 0. The summed E-state index contributed by atoms with van der Waals surface area (Å²) in [6, 6.07) is 5.57. The molecule has 2 aromatic rings. The maximum atomic E-state index is 10.3. The van der Waals surface area contributed by atoms with Crippen LogP contribution in [0, 0.1) is 22.8 Å². The Bertz CT molecular complexity index is 1000. The number of aliphatic hydroxyl groups is 1. The Hall–Kier alpha value is -4.02. The van der Waals surface area contributed by atoms with Gasteiger partial charge in [0.1, 0.15) is 35.1 Å². The van der Waals surface area contributed by atoms with Crippen LogP contribution >= 0.6 is 0 Å². The lowest BCUT2D eigenvalue weighted by atomic mass is 9.93. The van der Waals surface area contributed by atoms with Crippen molar-refractivity contribution < 1.29 is 10.2 Å². The fourth-order valence-electron chi connectivity index (χ4n) is 2.73. The van der Waals surface area contributed by atoms with Crippen LogP contribution in [-0.4, -0.2) is 21.2 Å². The van der Waals surface area contributed by atoms with Gasteiger partial charge in [-0.2, -0.15) is 10.5 Å². The number of guanidine groups is 1. The van der Waals surface area contributed by atoms with E-state index in [0.717, 1.165) is 0 Å². The van der Waals surface area contributed by atoms with Gasteiger partial charge in [0.05, 0.1) is 12.3 Å². The average Bonchev–Trinajstić information content (AvgIpc) is 2.62. The van der Waals surface area contributed by atoms with E-state index >= 15 is 0 Å². The molecule has 0 radical (unpaired) electrons. The van der Waals surface area contributed by atoms with Crippen molar-refractivity contribution in [3.05, 3.63) is 40.5 Å². The maximum absolute atomic E-state index is 10.3. The molecule has 1 aromatic carbocycles. The number of aromatic hydroxyl groups is 1. The summed E-state index contributed by atoms with van der Waals surface area (Å²) in [6.07, 6.45) is 1.74. The van der Waals surface area contributed by atoms with Crippen LogP contribution in [0.25, 0.3) is 0 Å². The van der Waals surface area contributed by atoms with Crippen molar-refractivity contribution in [2.45, 2.75) is 12.6 Å². The van der Waals surface area contributed by atoms with Crippen molar-refractivity contribution in [3.63, 3.8) is 0 Å². The average molecular weight is 350 g/mol. The van der Waals surface area contributed by atoms with Gasteiger partial charge < -0.3 is 27.0 Å². The molecule has 0 saturated carbocycles. The zero-order valence-corrected chi connectivity index (χ0v) is 13.4. The molecule has 26 heavy (non-hydrogen) atoms. The minimum atomic E-state index is -0.867. The number of nitrogen functional groups attached to an aromatic ring is 2. The van der Waals surface area contributed by atoms with Gasteiger partial charge in [0.2, 0.25) is 5.96 Å². The molecule has 0 saturated heterocycles. The summed E-state index contributed by atoms with van der Waals surface area (Å²) in [5, 5.41) is 43.0. The van der Waals surface area contributed by atoms with Gasteiger partial charge in [-0.3, -0.25) is 5.32 Å². The quantitative estimate of drug-likeness (QED) is 0.326. The van der Waals surface area contributed by atoms with Crippen molar-refractivity contribution >= 4 is 23.3 Å². The van der Waals surface area contributed by atoms with Crippen LogP contribution in [0.15, 0.2) is 23.2 Å². The smallest absolute Gasteiger partial charge is 0.211 e. The summed E-state index contributed by atoms with van der Waals surface area (Å²) in [6.45, 7) is -0.239. The number of aliphatic hydroxyl groups excluding tert-OH is 1. The molecule has 0 spiro atoms. The second-order valence-corrected chi connectivity index (χ2v) is 5.45. The van der Waals surface area contributed by atoms with E-state index in [2.05, 4.69) is 20.6 Å². The highest BCUT2D eigenvalue weighted by Gasteiger charge is 2.31. The van der Waals surface area contributed by atoms with Gasteiger partial charge in [-0.1, -0.05) is 6.07 Å². The lowest BCUT2D eigenvalue weighted by molar-refractivity contribution is 0.281. The standard InChI is InChI=1S/C16H14N8O2/c17-4-9-12(19)11-13(8-3-7(5-25)1-2-10(8)26)22-16(21-6-18)24-15(11)23-14(9)20/h1-3,13,25-26H,5H2,(H6,19,20,21,22,23,24). The Morgan fingerprint density at radius 3 is 2.73 bits per heavy atom. The maximum Gasteiger partial charge on any atom is 0.211 e. The largest absolute Gasteiger partial charge is 0.508 e. The fourth-order valence-corrected chi connectivity index (χ4v) is 2.73. The highest BCUT2D eigenvalue weighted by molar-refractivity contribution is 5.98. The normalized spacial score (nSPS) is 15.0. The number of benzene rings is 1. The second-order valence-electron chi connectivity index (χ2n) is 5.45. The number of anilines is 3. The van der Waals surface area contributed by atoms with E-state index in [1.165, 1.54) is 6.07 Å². The third-order valence-corrected chi connectivity index (χ3v) is 3.93. The molecule has 0 aliphatic carbocycles. The minimum absolute atomic E-state index is 0.000227. The fraction of sp³-hybridized carbons (Fsp3) is 0.125. The minimum Gasteiger partial charge on any atom is -0.508 e.